The van der Waals surface area contributed by atoms with Gasteiger partial charge in [0.25, 0.3) is 0 Å². The molecule has 4 rings (SSSR count). The number of fused-ring (bicyclic) bond motifs is 1. The third-order valence-corrected chi connectivity index (χ3v) is 5.91. The summed E-state index contributed by atoms with van der Waals surface area (Å²) >= 11 is 0. The number of rotatable bonds is 3. The second kappa shape index (κ2) is 7.31. The van der Waals surface area contributed by atoms with Crippen LogP contribution in [0.5, 0.6) is 0 Å². The van der Waals surface area contributed by atoms with Crippen molar-refractivity contribution in [2.75, 3.05) is 23.7 Å². The number of nitrogens with one attached hydrogen (secondary N) is 1. The number of hydrogen-bond acceptors (Lipinski definition) is 6. The Hall–Kier alpha value is -2.80. The summed E-state index contributed by atoms with van der Waals surface area (Å²) < 4.78 is 0. The van der Waals surface area contributed by atoms with Crippen molar-refractivity contribution in [3.63, 3.8) is 0 Å². The van der Waals surface area contributed by atoms with Gasteiger partial charge in [0.1, 0.15) is 5.69 Å². The quantitative estimate of drug-likeness (QED) is 0.559. The highest BCUT2D eigenvalue weighted by Crippen LogP contribution is 2.37. The minimum absolute atomic E-state index is 0.167. The number of nitrogens with zero attached hydrogens (tertiary/aromatic N) is 4. The molecule has 2 aliphatic rings. The van der Waals surface area contributed by atoms with Crippen LogP contribution in [0, 0.1) is 10.8 Å². The van der Waals surface area contributed by atoms with Crippen molar-refractivity contribution in [1.82, 2.24) is 15.0 Å². The molecule has 2 aromatic heterocycles. The predicted molar refractivity (Wildman–Crippen MR) is 112 cm³/mol. The van der Waals surface area contributed by atoms with Crippen LogP contribution in [0.3, 0.4) is 0 Å². The summed E-state index contributed by atoms with van der Waals surface area (Å²) in [7, 11) is 0. The molecule has 0 aromatic carbocycles. The lowest BCUT2D eigenvalue weighted by Gasteiger charge is -2.31. The van der Waals surface area contributed by atoms with Gasteiger partial charge in [0, 0.05) is 12.7 Å². The molecule has 0 spiro atoms. The van der Waals surface area contributed by atoms with Crippen molar-refractivity contribution in [3.05, 3.63) is 47.7 Å². The van der Waals surface area contributed by atoms with Crippen molar-refractivity contribution >= 4 is 22.9 Å². The smallest absolute Gasteiger partial charge is 0.155 e. The van der Waals surface area contributed by atoms with E-state index in [1.807, 2.05) is 17.0 Å². The van der Waals surface area contributed by atoms with Crippen LogP contribution in [0.15, 0.2) is 30.6 Å². The zero-order valence-corrected chi connectivity index (χ0v) is 16.3. The Morgan fingerprint density at radius 2 is 2.18 bits per heavy atom. The van der Waals surface area contributed by atoms with Gasteiger partial charge in [-0.1, -0.05) is 13.0 Å². The Labute approximate surface area is 165 Å². The van der Waals surface area contributed by atoms with Crippen LogP contribution < -0.4 is 16.4 Å². The average Bonchev–Trinajstić information content (AvgIpc) is 2.73. The van der Waals surface area contributed by atoms with E-state index in [-0.39, 0.29) is 11.3 Å². The van der Waals surface area contributed by atoms with E-state index in [0.29, 0.717) is 18.1 Å². The van der Waals surface area contributed by atoms with Crippen LogP contribution in [0.2, 0.25) is 0 Å². The molecule has 5 N–H and O–H groups in total. The van der Waals surface area contributed by atoms with E-state index in [0.717, 1.165) is 61.3 Å². The van der Waals surface area contributed by atoms with Crippen molar-refractivity contribution < 1.29 is 0 Å². The van der Waals surface area contributed by atoms with Gasteiger partial charge in [0.15, 0.2) is 11.7 Å². The molecule has 7 heteroatoms. The predicted octanol–water partition coefficient (Wildman–Crippen LogP) is 2.76. The average molecular weight is 377 g/mol. The summed E-state index contributed by atoms with van der Waals surface area (Å²) in [6.07, 6.45) is 10.5. The molecule has 1 atom stereocenters. The third kappa shape index (κ3) is 3.38. The SMILES string of the molecule is C[C@@]1(CN)CC=C(c2cnc(C(=N)N3CCCc4ncccc43)c(N)n2)CC1. The molecule has 1 aliphatic heterocycles. The molecule has 7 nitrogen and oxygen atoms in total. The number of aromatic nitrogens is 3. The molecule has 0 bridgehead atoms. The van der Waals surface area contributed by atoms with Crippen LogP contribution >= 0.6 is 0 Å². The van der Waals surface area contributed by atoms with Gasteiger partial charge in [-0.25, -0.2) is 9.97 Å². The zero-order valence-electron chi connectivity index (χ0n) is 16.3. The molecule has 2 aromatic rings. The van der Waals surface area contributed by atoms with E-state index in [9.17, 15) is 0 Å². The lowest BCUT2D eigenvalue weighted by atomic mass is 9.76. The van der Waals surface area contributed by atoms with Gasteiger partial charge >= 0.3 is 0 Å². The van der Waals surface area contributed by atoms with E-state index >= 15 is 0 Å². The minimum atomic E-state index is 0.167. The van der Waals surface area contributed by atoms with Crippen LogP contribution in [0.1, 0.15) is 49.7 Å². The zero-order chi connectivity index (χ0) is 19.7. The monoisotopic (exact) mass is 377 g/mol. The first kappa shape index (κ1) is 18.6. The Kier molecular flexibility index (Phi) is 4.85. The first-order valence-corrected chi connectivity index (χ1v) is 9.83. The normalized spacial score (nSPS) is 21.8. The lowest BCUT2D eigenvalue weighted by Crippen LogP contribution is -2.37. The van der Waals surface area contributed by atoms with Crippen LogP contribution in [0.4, 0.5) is 11.5 Å². The molecule has 0 unspecified atom stereocenters. The maximum atomic E-state index is 8.67. The van der Waals surface area contributed by atoms with Gasteiger partial charge in [-0.05, 0) is 61.8 Å². The fourth-order valence-corrected chi connectivity index (χ4v) is 3.92. The van der Waals surface area contributed by atoms with Gasteiger partial charge in [-0.3, -0.25) is 10.4 Å². The Balaban J connectivity index is 1.59. The second-order valence-corrected chi connectivity index (χ2v) is 8.01. The molecule has 0 amide bonds. The number of allylic oxidation sites excluding steroid dienone is 2. The minimum Gasteiger partial charge on any atom is -0.382 e. The summed E-state index contributed by atoms with van der Waals surface area (Å²) in [6, 6.07) is 3.89. The fourth-order valence-electron chi connectivity index (χ4n) is 3.92. The van der Waals surface area contributed by atoms with E-state index in [1.165, 1.54) is 0 Å². The molecular weight excluding hydrogens is 350 g/mol. The molecule has 1 aliphatic carbocycles. The van der Waals surface area contributed by atoms with Crippen LogP contribution in [-0.4, -0.2) is 33.9 Å². The Morgan fingerprint density at radius 1 is 1.32 bits per heavy atom. The number of anilines is 2. The standard InChI is InChI=1S/C21H27N7/c1-21(13-22)8-6-14(7-9-21)16-12-26-18(19(23)27-16)20(24)28-11-3-4-15-17(28)5-2-10-25-15/h2,5-6,10,12,24H,3-4,7-9,11,13,22H2,1H3,(H2,23,27)/t21-/m1/s1. The number of aryl methyl sites for hydroxylation is 1. The summed E-state index contributed by atoms with van der Waals surface area (Å²) in [6.45, 7) is 3.66. The number of amidine groups is 1. The summed E-state index contributed by atoms with van der Waals surface area (Å²) in [5.74, 6) is 0.574. The molecular formula is C21H27N7. The van der Waals surface area contributed by atoms with E-state index in [4.69, 9.17) is 16.9 Å². The highest BCUT2D eigenvalue weighted by molar-refractivity contribution is 6.09. The Morgan fingerprint density at radius 3 is 2.89 bits per heavy atom. The largest absolute Gasteiger partial charge is 0.382 e. The van der Waals surface area contributed by atoms with Gasteiger partial charge in [0.2, 0.25) is 0 Å². The van der Waals surface area contributed by atoms with Gasteiger partial charge < -0.3 is 16.4 Å². The van der Waals surface area contributed by atoms with E-state index in [2.05, 4.69) is 28.0 Å². The van der Waals surface area contributed by atoms with Crippen molar-refractivity contribution in [1.29, 1.82) is 5.41 Å². The first-order chi connectivity index (χ1) is 13.5. The second-order valence-electron chi connectivity index (χ2n) is 8.01. The Bertz CT molecular complexity index is 936. The maximum Gasteiger partial charge on any atom is 0.155 e. The number of nitrogen functional groups attached to an aromatic ring is 1. The maximum absolute atomic E-state index is 8.67. The van der Waals surface area contributed by atoms with Crippen molar-refractivity contribution in [2.24, 2.45) is 11.1 Å². The summed E-state index contributed by atoms with van der Waals surface area (Å²) in [5.41, 5.74) is 16.6. The van der Waals surface area contributed by atoms with Crippen LogP contribution in [0.25, 0.3) is 5.57 Å². The van der Waals surface area contributed by atoms with Gasteiger partial charge in [-0.15, -0.1) is 0 Å². The molecule has 3 heterocycles. The molecule has 146 valence electrons. The first-order valence-electron chi connectivity index (χ1n) is 9.83. The van der Waals surface area contributed by atoms with E-state index < -0.39 is 0 Å². The third-order valence-electron chi connectivity index (χ3n) is 5.91. The highest BCUT2D eigenvalue weighted by atomic mass is 15.2. The fraction of sp³-hybridized carbons (Fsp3) is 0.429. The van der Waals surface area contributed by atoms with Crippen molar-refractivity contribution in [3.8, 4) is 0 Å². The van der Waals surface area contributed by atoms with Crippen LogP contribution in [-0.2, 0) is 6.42 Å². The highest BCUT2D eigenvalue weighted by Gasteiger charge is 2.27. The molecule has 0 saturated heterocycles. The lowest BCUT2D eigenvalue weighted by molar-refractivity contribution is 0.308. The van der Waals surface area contributed by atoms with Crippen molar-refractivity contribution in [2.45, 2.75) is 39.0 Å². The summed E-state index contributed by atoms with van der Waals surface area (Å²) in [5, 5.41) is 8.67. The molecule has 0 saturated carbocycles. The summed E-state index contributed by atoms with van der Waals surface area (Å²) in [4.78, 5) is 15.5. The topological polar surface area (TPSA) is 118 Å². The van der Waals surface area contributed by atoms with Gasteiger partial charge in [0.05, 0.1) is 23.3 Å². The molecule has 0 fully saturated rings. The number of pyridine rings is 1. The van der Waals surface area contributed by atoms with E-state index in [1.54, 1.807) is 12.4 Å². The number of nitrogens with two attached hydrogens (primary N) is 2. The molecule has 28 heavy (non-hydrogen) atoms. The number of hydrogen-bond donors (Lipinski definition) is 3. The molecule has 0 radical (unpaired) electrons. The van der Waals surface area contributed by atoms with Gasteiger partial charge in [-0.2, -0.15) is 0 Å².